The molecule has 0 radical (unpaired) electrons. The van der Waals surface area contributed by atoms with E-state index in [2.05, 4.69) is 16.5 Å². The Morgan fingerprint density at radius 2 is 2.18 bits per heavy atom. The Hall–Kier alpha value is -1.42. The Morgan fingerprint density at radius 3 is 2.73 bits per heavy atom. The van der Waals surface area contributed by atoms with Gasteiger partial charge in [0.15, 0.2) is 0 Å². The van der Waals surface area contributed by atoms with Crippen LogP contribution < -0.4 is 10.9 Å². The monoisotopic (exact) mass is 150 g/mol. The van der Waals surface area contributed by atoms with E-state index < -0.39 is 0 Å². The van der Waals surface area contributed by atoms with Crippen molar-refractivity contribution in [3.63, 3.8) is 0 Å². The molecule has 1 aromatic rings. The van der Waals surface area contributed by atoms with Crippen molar-refractivity contribution in [2.24, 2.45) is 5.84 Å². The van der Waals surface area contributed by atoms with Gasteiger partial charge in [-0.05, 0) is 6.07 Å². The van der Waals surface area contributed by atoms with Crippen molar-refractivity contribution in [1.29, 1.82) is 0 Å². The Morgan fingerprint density at radius 1 is 1.55 bits per heavy atom. The van der Waals surface area contributed by atoms with Crippen molar-refractivity contribution >= 4 is 5.95 Å². The topological polar surface area (TPSA) is 55.0 Å². The van der Waals surface area contributed by atoms with Gasteiger partial charge in [-0.25, -0.2) is 15.8 Å². The van der Waals surface area contributed by atoms with Crippen LogP contribution in [0.4, 0.5) is 5.95 Å². The number of nitrogens with zero attached hydrogens (tertiary/aromatic N) is 3. The van der Waals surface area contributed by atoms with Gasteiger partial charge in [0, 0.05) is 12.4 Å². The van der Waals surface area contributed by atoms with E-state index in [4.69, 9.17) is 5.84 Å². The summed E-state index contributed by atoms with van der Waals surface area (Å²) >= 11 is 0. The second-order valence-corrected chi connectivity index (χ2v) is 1.99. The molecule has 2 N–H and O–H groups in total. The van der Waals surface area contributed by atoms with Crippen LogP contribution in [-0.4, -0.2) is 16.5 Å². The van der Waals surface area contributed by atoms with E-state index in [0.717, 1.165) is 0 Å². The molecule has 1 aromatic heterocycles. The number of hydrazine groups is 1. The van der Waals surface area contributed by atoms with Crippen LogP contribution in [-0.2, 0) is 0 Å². The summed E-state index contributed by atoms with van der Waals surface area (Å²) in [5.41, 5.74) is 0. The Labute approximate surface area is 65.3 Å². The van der Waals surface area contributed by atoms with Gasteiger partial charge in [0.05, 0.1) is 6.54 Å². The molecule has 0 aliphatic carbocycles. The molecule has 0 saturated carbocycles. The summed E-state index contributed by atoms with van der Waals surface area (Å²) in [7, 11) is 0. The van der Waals surface area contributed by atoms with Crippen LogP contribution in [0.15, 0.2) is 31.1 Å². The third kappa shape index (κ3) is 2.01. The first-order valence-corrected chi connectivity index (χ1v) is 3.24. The van der Waals surface area contributed by atoms with Crippen molar-refractivity contribution in [3.8, 4) is 0 Å². The van der Waals surface area contributed by atoms with Gasteiger partial charge in [0.2, 0.25) is 5.95 Å². The van der Waals surface area contributed by atoms with Gasteiger partial charge in [0.25, 0.3) is 0 Å². The van der Waals surface area contributed by atoms with Gasteiger partial charge in [-0.2, -0.15) is 0 Å². The molecule has 0 atom stereocenters. The molecule has 0 aliphatic rings. The molecule has 0 amide bonds. The quantitative estimate of drug-likeness (QED) is 0.383. The Kier molecular flexibility index (Phi) is 2.57. The molecule has 0 saturated heterocycles. The fourth-order valence-corrected chi connectivity index (χ4v) is 0.660. The first-order valence-electron chi connectivity index (χ1n) is 3.24. The molecule has 1 heterocycles. The lowest BCUT2D eigenvalue weighted by molar-refractivity contribution is 0.875. The zero-order chi connectivity index (χ0) is 8.10. The van der Waals surface area contributed by atoms with Gasteiger partial charge in [-0.1, -0.05) is 6.08 Å². The van der Waals surface area contributed by atoms with Crippen molar-refractivity contribution in [2.45, 2.75) is 0 Å². The minimum Gasteiger partial charge on any atom is -0.275 e. The van der Waals surface area contributed by atoms with Crippen LogP contribution in [0, 0.1) is 0 Å². The third-order valence-electron chi connectivity index (χ3n) is 1.13. The highest BCUT2D eigenvalue weighted by atomic mass is 15.4. The predicted octanol–water partition coefficient (Wildman–Crippen LogP) is 0.343. The highest BCUT2D eigenvalue weighted by molar-refractivity contribution is 5.25. The molecule has 0 fully saturated rings. The van der Waals surface area contributed by atoms with Gasteiger partial charge >= 0.3 is 0 Å². The highest BCUT2D eigenvalue weighted by Crippen LogP contribution is 1.97. The number of rotatable bonds is 3. The van der Waals surface area contributed by atoms with E-state index in [1.54, 1.807) is 24.5 Å². The van der Waals surface area contributed by atoms with Crippen molar-refractivity contribution < 1.29 is 0 Å². The molecule has 58 valence electrons. The van der Waals surface area contributed by atoms with Gasteiger partial charge in [-0.15, -0.1) is 6.58 Å². The van der Waals surface area contributed by atoms with Crippen LogP contribution in [0.2, 0.25) is 0 Å². The normalized spacial score (nSPS) is 9.18. The largest absolute Gasteiger partial charge is 0.275 e. The first kappa shape index (κ1) is 7.68. The van der Waals surface area contributed by atoms with E-state index >= 15 is 0 Å². The SMILES string of the molecule is C=CCN(N)c1ncccn1. The van der Waals surface area contributed by atoms with Crippen molar-refractivity contribution in [3.05, 3.63) is 31.1 Å². The molecule has 1 rings (SSSR count). The standard InChI is InChI=1S/C7H10N4/c1-2-6-11(8)7-9-4-3-5-10-7/h2-5H,1,6,8H2. The average molecular weight is 150 g/mol. The third-order valence-corrected chi connectivity index (χ3v) is 1.13. The van der Waals surface area contributed by atoms with E-state index in [-0.39, 0.29) is 0 Å². The van der Waals surface area contributed by atoms with Crippen LogP contribution in [0.1, 0.15) is 0 Å². The minimum atomic E-state index is 0.507. The van der Waals surface area contributed by atoms with E-state index in [1.165, 1.54) is 5.01 Å². The van der Waals surface area contributed by atoms with Crippen molar-refractivity contribution in [2.75, 3.05) is 11.6 Å². The van der Waals surface area contributed by atoms with E-state index in [9.17, 15) is 0 Å². The second-order valence-electron chi connectivity index (χ2n) is 1.99. The second kappa shape index (κ2) is 3.68. The summed E-state index contributed by atoms with van der Waals surface area (Å²) in [6, 6.07) is 1.74. The molecule has 0 bridgehead atoms. The Bertz CT molecular complexity index is 221. The lowest BCUT2D eigenvalue weighted by Gasteiger charge is -2.12. The summed E-state index contributed by atoms with van der Waals surface area (Å²) in [4.78, 5) is 7.88. The van der Waals surface area contributed by atoms with E-state index in [0.29, 0.717) is 12.5 Å². The molecular formula is C7H10N4. The maximum absolute atomic E-state index is 5.54. The van der Waals surface area contributed by atoms with Crippen LogP contribution in [0.5, 0.6) is 0 Å². The summed E-state index contributed by atoms with van der Waals surface area (Å²) in [6.45, 7) is 4.09. The summed E-state index contributed by atoms with van der Waals surface area (Å²) in [5.74, 6) is 6.05. The fourth-order valence-electron chi connectivity index (χ4n) is 0.660. The fraction of sp³-hybridized carbons (Fsp3) is 0.143. The smallest absolute Gasteiger partial charge is 0.240 e. The maximum Gasteiger partial charge on any atom is 0.240 e. The van der Waals surface area contributed by atoms with Crippen molar-refractivity contribution in [1.82, 2.24) is 9.97 Å². The Balaban J connectivity index is 2.68. The lowest BCUT2D eigenvalue weighted by atomic mass is 10.6. The predicted molar refractivity (Wildman–Crippen MR) is 43.8 cm³/mol. The molecular weight excluding hydrogens is 140 g/mol. The number of aromatic nitrogens is 2. The highest BCUT2D eigenvalue weighted by Gasteiger charge is 1.98. The first-order chi connectivity index (χ1) is 5.34. The minimum absolute atomic E-state index is 0.507. The summed E-state index contributed by atoms with van der Waals surface area (Å²) in [6.07, 6.45) is 4.98. The molecule has 0 spiro atoms. The number of hydrogen-bond acceptors (Lipinski definition) is 4. The van der Waals surface area contributed by atoms with Gasteiger partial charge < -0.3 is 0 Å². The molecule has 4 heteroatoms. The van der Waals surface area contributed by atoms with Crippen LogP contribution in [0.3, 0.4) is 0 Å². The summed E-state index contributed by atoms with van der Waals surface area (Å²) < 4.78 is 0. The van der Waals surface area contributed by atoms with Crippen LogP contribution in [0.25, 0.3) is 0 Å². The molecule has 0 aromatic carbocycles. The molecule has 11 heavy (non-hydrogen) atoms. The molecule has 0 unspecified atom stereocenters. The van der Waals surface area contributed by atoms with Gasteiger partial charge in [-0.3, -0.25) is 5.01 Å². The maximum atomic E-state index is 5.54. The van der Waals surface area contributed by atoms with Crippen LogP contribution >= 0.6 is 0 Å². The van der Waals surface area contributed by atoms with Gasteiger partial charge in [0.1, 0.15) is 0 Å². The van der Waals surface area contributed by atoms with E-state index in [1.807, 2.05) is 0 Å². The number of anilines is 1. The lowest BCUT2D eigenvalue weighted by Crippen LogP contribution is -2.32. The number of hydrogen-bond donors (Lipinski definition) is 1. The zero-order valence-electron chi connectivity index (χ0n) is 6.14. The number of nitrogens with two attached hydrogens (primary N) is 1. The average Bonchev–Trinajstić information content (AvgIpc) is 2.07. The molecule has 4 nitrogen and oxygen atoms in total. The zero-order valence-corrected chi connectivity index (χ0v) is 6.14. The summed E-state index contributed by atoms with van der Waals surface area (Å²) in [5, 5.41) is 1.42. The molecule has 0 aliphatic heterocycles.